The first-order valence-electron chi connectivity index (χ1n) is 5.83. The highest BCUT2D eigenvalue weighted by Gasteiger charge is 2.28. The Hall–Kier alpha value is -1.59. The molecule has 2 N–H and O–H groups in total. The van der Waals surface area contributed by atoms with E-state index in [0.717, 1.165) is 18.7 Å². The summed E-state index contributed by atoms with van der Waals surface area (Å²) >= 11 is 12.0. The first-order chi connectivity index (χ1) is 9.15. The van der Waals surface area contributed by atoms with E-state index in [1.54, 1.807) is 18.2 Å². The number of nitrogens with zero attached hydrogens (tertiary/aromatic N) is 2. The predicted molar refractivity (Wildman–Crippen MR) is 72.8 cm³/mol. The van der Waals surface area contributed by atoms with E-state index in [1.165, 1.54) is 0 Å². The third kappa shape index (κ3) is 2.57. The summed E-state index contributed by atoms with van der Waals surface area (Å²) in [6, 6.07) is 5.01. The number of carbonyl (C=O) groups is 1. The van der Waals surface area contributed by atoms with Gasteiger partial charge in [-0.1, -0.05) is 29.3 Å². The summed E-state index contributed by atoms with van der Waals surface area (Å²) in [5, 5.41) is 10.0. The van der Waals surface area contributed by atoms with E-state index in [1.807, 2.05) is 0 Å². The minimum absolute atomic E-state index is 0.0953. The number of carbonyl (C=O) groups excluding carboxylic acids is 1. The van der Waals surface area contributed by atoms with Crippen LogP contribution in [0.5, 0.6) is 0 Å². The predicted octanol–water partition coefficient (Wildman–Crippen LogP) is 3.24. The Kier molecular flexibility index (Phi) is 3.16. The number of amides is 1. The van der Waals surface area contributed by atoms with Crippen molar-refractivity contribution in [3.05, 3.63) is 39.9 Å². The molecule has 7 heteroatoms. The van der Waals surface area contributed by atoms with Gasteiger partial charge >= 0.3 is 0 Å². The lowest BCUT2D eigenvalue weighted by molar-refractivity contribution is 0.101. The van der Waals surface area contributed by atoms with E-state index in [-0.39, 0.29) is 5.82 Å². The Balaban J connectivity index is 1.80. The first-order valence-corrected chi connectivity index (χ1v) is 6.58. The molecule has 1 aliphatic carbocycles. The largest absolute Gasteiger partial charge is 0.317 e. The van der Waals surface area contributed by atoms with Gasteiger partial charge in [0.25, 0.3) is 5.91 Å². The summed E-state index contributed by atoms with van der Waals surface area (Å²) in [6.45, 7) is 0. The Labute approximate surface area is 119 Å². The van der Waals surface area contributed by atoms with Crippen molar-refractivity contribution in [3.63, 3.8) is 0 Å². The van der Waals surface area contributed by atoms with Gasteiger partial charge in [-0.3, -0.25) is 9.89 Å². The molecule has 0 bridgehead atoms. The van der Waals surface area contributed by atoms with Crippen molar-refractivity contribution in [3.8, 4) is 0 Å². The summed E-state index contributed by atoms with van der Waals surface area (Å²) in [5.41, 5.74) is 0.369. The van der Waals surface area contributed by atoms with Gasteiger partial charge < -0.3 is 5.32 Å². The minimum Gasteiger partial charge on any atom is -0.317 e. The fraction of sp³-hybridized carbons (Fsp3) is 0.250. The topological polar surface area (TPSA) is 70.7 Å². The average molecular weight is 297 g/mol. The molecule has 19 heavy (non-hydrogen) atoms. The van der Waals surface area contributed by atoms with Gasteiger partial charge in [-0.15, -0.1) is 5.10 Å². The first kappa shape index (κ1) is 12.4. The third-order valence-electron chi connectivity index (χ3n) is 2.87. The van der Waals surface area contributed by atoms with Crippen molar-refractivity contribution in [2.24, 2.45) is 0 Å². The van der Waals surface area contributed by atoms with E-state index < -0.39 is 5.91 Å². The molecule has 0 unspecified atom stereocenters. The smallest absolute Gasteiger partial charge is 0.295 e. The number of H-pyrrole nitrogens is 1. The molecule has 1 saturated carbocycles. The number of hydrogen-bond acceptors (Lipinski definition) is 3. The van der Waals surface area contributed by atoms with Gasteiger partial charge in [-0.25, -0.2) is 4.98 Å². The van der Waals surface area contributed by atoms with Gasteiger partial charge in [0.2, 0.25) is 5.82 Å². The summed E-state index contributed by atoms with van der Waals surface area (Å²) in [4.78, 5) is 16.2. The zero-order valence-corrected chi connectivity index (χ0v) is 11.3. The third-order valence-corrected chi connectivity index (χ3v) is 3.50. The highest BCUT2D eigenvalue weighted by Crippen LogP contribution is 2.37. The standard InChI is InChI=1S/C12H10Cl2N4O/c13-7-2-1-3-8(14)9(7)15-12(19)11-16-10(17-18-11)6-4-5-6/h1-3,6H,4-5H2,(H,15,19)(H,16,17,18). The number of hydrogen-bond donors (Lipinski definition) is 2. The zero-order chi connectivity index (χ0) is 13.4. The van der Waals surface area contributed by atoms with Crippen LogP contribution in [0, 0.1) is 0 Å². The molecule has 3 rings (SSSR count). The second-order valence-electron chi connectivity index (χ2n) is 4.37. The molecule has 1 aromatic heterocycles. The quantitative estimate of drug-likeness (QED) is 0.913. The summed E-state index contributed by atoms with van der Waals surface area (Å²) in [6.07, 6.45) is 2.18. The van der Waals surface area contributed by atoms with Crippen LogP contribution in [0.1, 0.15) is 35.2 Å². The zero-order valence-electron chi connectivity index (χ0n) is 9.78. The van der Waals surface area contributed by atoms with E-state index in [9.17, 15) is 4.79 Å². The molecule has 0 radical (unpaired) electrons. The number of benzene rings is 1. The lowest BCUT2D eigenvalue weighted by atomic mass is 10.3. The lowest BCUT2D eigenvalue weighted by Gasteiger charge is -2.06. The molecule has 2 aromatic rings. The lowest BCUT2D eigenvalue weighted by Crippen LogP contribution is -2.14. The van der Waals surface area contributed by atoms with E-state index >= 15 is 0 Å². The number of halogens is 2. The van der Waals surface area contributed by atoms with Crippen molar-refractivity contribution in [1.29, 1.82) is 0 Å². The molecule has 98 valence electrons. The van der Waals surface area contributed by atoms with E-state index in [0.29, 0.717) is 21.7 Å². The molecular formula is C12H10Cl2N4O. The summed E-state index contributed by atoms with van der Waals surface area (Å²) in [7, 11) is 0. The SMILES string of the molecule is O=C(Nc1c(Cl)cccc1Cl)c1n[nH]c(C2CC2)n1. The van der Waals surface area contributed by atoms with Crippen molar-refractivity contribution < 1.29 is 4.79 Å². The van der Waals surface area contributed by atoms with Crippen LogP contribution in [0.15, 0.2) is 18.2 Å². The fourth-order valence-electron chi connectivity index (χ4n) is 1.70. The maximum Gasteiger partial charge on any atom is 0.295 e. The number of nitrogens with one attached hydrogen (secondary N) is 2. The van der Waals surface area contributed by atoms with Crippen molar-refractivity contribution in [1.82, 2.24) is 15.2 Å². The number of aromatic amines is 1. The van der Waals surface area contributed by atoms with Crippen LogP contribution in [0.3, 0.4) is 0 Å². The highest BCUT2D eigenvalue weighted by atomic mass is 35.5. The molecule has 5 nitrogen and oxygen atoms in total. The number of para-hydroxylation sites is 1. The fourth-order valence-corrected chi connectivity index (χ4v) is 2.19. The van der Waals surface area contributed by atoms with E-state index in [2.05, 4.69) is 20.5 Å². The van der Waals surface area contributed by atoms with Crippen LogP contribution >= 0.6 is 23.2 Å². The molecular weight excluding hydrogens is 287 g/mol. The van der Waals surface area contributed by atoms with Gasteiger partial charge in [-0.05, 0) is 25.0 Å². The van der Waals surface area contributed by atoms with Gasteiger partial charge in [0.05, 0.1) is 15.7 Å². The van der Waals surface area contributed by atoms with Crippen LogP contribution in [0.4, 0.5) is 5.69 Å². The second-order valence-corrected chi connectivity index (χ2v) is 5.18. The van der Waals surface area contributed by atoms with Crippen LogP contribution in [-0.2, 0) is 0 Å². The molecule has 1 aliphatic rings. The normalized spacial score (nSPS) is 14.4. The maximum absolute atomic E-state index is 12.0. The monoisotopic (exact) mass is 296 g/mol. The number of rotatable bonds is 3. The average Bonchev–Trinajstić information content (AvgIpc) is 3.12. The van der Waals surface area contributed by atoms with Gasteiger partial charge in [-0.2, -0.15) is 0 Å². The van der Waals surface area contributed by atoms with Crippen LogP contribution in [-0.4, -0.2) is 21.1 Å². The minimum atomic E-state index is -0.432. The van der Waals surface area contributed by atoms with Crippen LogP contribution < -0.4 is 5.32 Å². The van der Waals surface area contributed by atoms with Crippen molar-refractivity contribution in [2.75, 3.05) is 5.32 Å². The Morgan fingerprint density at radius 1 is 1.32 bits per heavy atom. The molecule has 1 aromatic carbocycles. The van der Waals surface area contributed by atoms with Crippen LogP contribution in [0.25, 0.3) is 0 Å². The summed E-state index contributed by atoms with van der Waals surface area (Å²) < 4.78 is 0. The number of anilines is 1. The molecule has 1 amide bonds. The van der Waals surface area contributed by atoms with Gasteiger partial charge in [0.1, 0.15) is 5.82 Å². The van der Waals surface area contributed by atoms with Crippen LogP contribution in [0.2, 0.25) is 10.0 Å². The van der Waals surface area contributed by atoms with E-state index in [4.69, 9.17) is 23.2 Å². The Bertz CT molecular complexity index is 616. The number of aromatic nitrogens is 3. The molecule has 0 saturated heterocycles. The van der Waals surface area contributed by atoms with Gasteiger partial charge in [0.15, 0.2) is 0 Å². The maximum atomic E-state index is 12.0. The Morgan fingerprint density at radius 2 is 2.00 bits per heavy atom. The summed E-state index contributed by atoms with van der Waals surface area (Å²) in [5.74, 6) is 0.837. The Morgan fingerprint density at radius 3 is 2.63 bits per heavy atom. The molecule has 1 heterocycles. The second kappa shape index (κ2) is 4.83. The molecule has 0 atom stereocenters. The molecule has 0 spiro atoms. The van der Waals surface area contributed by atoms with Crippen molar-refractivity contribution >= 4 is 34.8 Å². The molecule has 0 aliphatic heterocycles. The highest BCUT2D eigenvalue weighted by molar-refractivity contribution is 6.39. The van der Waals surface area contributed by atoms with Gasteiger partial charge in [0, 0.05) is 5.92 Å². The molecule has 1 fully saturated rings. The van der Waals surface area contributed by atoms with Crippen molar-refractivity contribution in [2.45, 2.75) is 18.8 Å².